The van der Waals surface area contributed by atoms with Crippen molar-refractivity contribution < 1.29 is 13.5 Å². The Morgan fingerprint density at radius 3 is 2.38 bits per heavy atom. The maximum atomic E-state index is 12.4. The molecule has 0 amide bonds. The van der Waals surface area contributed by atoms with Gasteiger partial charge in [0.2, 0.25) is 0 Å². The van der Waals surface area contributed by atoms with Gasteiger partial charge < -0.3 is 5.11 Å². The van der Waals surface area contributed by atoms with E-state index in [-0.39, 0.29) is 11.6 Å². The minimum atomic E-state index is -3.64. The first-order chi connectivity index (χ1) is 11.4. The first kappa shape index (κ1) is 17.0. The molecule has 1 aromatic heterocycles. The van der Waals surface area contributed by atoms with Crippen LogP contribution in [0.3, 0.4) is 0 Å². The van der Waals surface area contributed by atoms with E-state index in [2.05, 4.69) is 9.71 Å². The van der Waals surface area contributed by atoms with E-state index in [9.17, 15) is 13.5 Å². The van der Waals surface area contributed by atoms with E-state index < -0.39 is 10.2 Å². The molecular weight excluding hydrogens is 350 g/mol. The number of halogens is 1. The Kier molecular flexibility index (Phi) is 4.93. The molecule has 128 valence electrons. The van der Waals surface area contributed by atoms with Gasteiger partial charge in [0.1, 0.15) is 11.6 Å². The molecule has 0 saturated carbocycles. The number of hydrogen-bond acceptors (Lipinski definition) is 4. The summed E-state index contributed by atoms with van der Waals surface area (Å²) in [6, 6.07) is 10.5. The number of hydrogen-bond donors (Lipinski definition) is 2. The number of nitrogens with one attached hydrogen (secondary N) is 1. The monoisotopic (exact) mass is 367 g/mol. The van der Waals surface area contributed by atoms with Gasteiger partial charge in [-0.1, -0.05) is 23.7 Å². The van der Waals surface area contributed by atoms with Crippen molar-refractivity contribution in [2.45, 2.75) is 18.8 Å². The summed E-state index contributed by atoms with van der Waals surface area (Å²) in [6.07, 6.45) is 2.71. The van der Waals surface area contributed by atoms with Crippen LogP contribution in [-0.2, 0) is 10.2 Å². The minimum Gasteiger partial charge on any atom is -0.506 e. The van der Waals surface area contributed by atoms with Crippen molar-refractivity contribution in [3.63, 3.8) is 0 Å². The second-order valence-electron chi connectivity index (χ2n) is 5.73. The molecule has 2 aromatic rings. The Bertz CT molecular complexity index is 786. The Hall–Kier alpha value is -1.83. The maximum absolute atomic E-state index is 12.4. The van der Waals surface area contributed by atoms with Gasteiger partial charge in [-0.15, -0.1) is 0 Å². The number of aromatic nitrogens is 1. The van der Waals surface area contributed by atoms with Crippen LogP contribution in [0, 0.1) is 0 Å². The van der Waals surface area contributed by atoms with Crippen LogP contribution in [-0.4, -0.2) is 35.9 Å². The lowest BCUT2D eigenvalue weighted by Gasteiger charge is -2.31. The molecule has 1 saturated heterocycles. The molecule has 1 aliphatic heterocycles. The Balaban J connectivity index is 1.62. The van der Waals surface area contributed by atoms with E-state index in [4.69, 9.17) is 11.6 Å². The number of aromatic hydroxyl groups is 1. The van der Waals surface area contributed by atoms with Crippen LogP contribution in [0.1, 0.15) is 24.3 Å². The summed E-state index contributed by atoms with van der Waals surface area (Å²) in [5, 5.41) is 9.90. The third kappa shape index (κ3) is 3.98. The molecule has 0 aliphatic carbocycles. The summed E-state index contributed by atoms with van der Waals surface area (Å²) >= 11 is 5.90. The van der Waals surface area contributed by atoms with Crippen LogP contribution < -0.4 is 4.72 Å². The van der Waals surface area contributed by atoms with Crippen LogP contribution in [0.2, 0.25) is 5.02 Å². The summed E-state index contributed by atoms with van der Waals surface area (Å²) < 4.78 is 28.7. The average Bonchev–Trinajstić information content (AvgIpc) is 2.58. The van der Waals surface area contributed by atoms with Gasteiger partial charge in [-0.2, -0.15) is 12.7 Å². The molecule has 2 N–H and O–H groups in total. The van der Waals surface area contributed by atoms with Gasteiger partial charge in [-0.3, -0.25) is 4.72 Å². The lowest BCUT2D eigenvalue weighted by Crippen LogP contribution is -2.41. The van der Waals surface area contributed by atoms with Gasteiger partial charge in [0, 0.05) is 18.1 Å². The van der Waals surface area contributed by atoms with Gasteiger partial charge in [0.25, 0.3) is 0 Å². The molecule has 0 spiro atoms. The van der Waals surface area contributed by atoms with Crippen LogP contribution in [0.15, 0.2) is 42.6 Å². The van der Waals surface area contributed by atoms with Crippen molar-refractivity contribution in [1.82, 2.24) is 9.29 Å². The Labute approximate surface area is 146 Å². The Morgan fingerprint density at radius 2 is 1.79 bits per heavy atom. The summed E-state index contributed by atoms with van der Waals surface area (Å²) in [5.41, 5.74) is 1.18. The number of nitrogens with zero attached hydrogens (tertiary/aromatic N) is 2. The molecule has 1 aromatic carbocycles. The quantitative estimate of drug-likeness (QED) is 0.870. The number of piperidine rings is 1. The van der Waals surface area contributed by atoms with Crippen LogP contribution in [0.4, 0.5) is 5.82 Å². The second kappa shape index (κ2) is 6.96. The molecular formula is C16H18ClN3O3S. The molecule has 3 rings (SSSR count). The largest absolute Gasteiger partial charge is 0.506 e. The highest BCUT2D eigenvalue weighted by atomic mass is 35.5. The molecule has 8 heteroatoms. The van der Waals surface area contributed by atoms with E-state index >= 15 is 0 Å². The van der Waals surface area contributed by atoms with E-state index in [1.807, 2.05) is 24.3 Å². The molecule has 6 nitrogen and oxygen atoms in total. The van der Waals surface area contributed by atoms with Crippen LogP contribution >= 0.6 is 11.6 Å². The van der Waals surface area contributed by atoms with Gasteiger partial charge in [0.05, 0.1) is 6.20 Å². The summed E-state index contributed by atoms with van der Waals surface area (Å²) in [5.74, 6) is 0.509. The predicted octanol–water partition coefficient (Wildman–Crippen LogP) is 2.98. The number of pyridine rings is 1. The molecule has 0 radical (unpaired) electrons. The standard InChI is InChI=1S/C16H18ClN3O3S/c17-14-3-1-12(2-4-14)13-7-9-20(10-8-13)24(22,23)19-16-6-5-15(21)11-18-16/h1-6,11,13,21H,7-10H2,(H,18,19). The number of anilines is 1. The highest BCUT2D eigenvalue weighted by Crippen LogP contribution is 2.30. The molecule has 0 atom stereocenters. The first-order valence-electron chi connectivity index (χ1n) is 7.62. The lowest BCUT2D eigenvalue weighted by molar-refractivity contribution is 0.321. The fraction of sp³-hybridized carbons (Fsp3) is 0.312. The zero-order valence-electron chi connectivity index (χ0n) is 12.9. The SMILES string of the molecule is O=S(=O)(Nc1ccc(O)cn1)N1CCC(c2ccc(Cl)cc2)CC1. The number of benzene rings is 1. The zero-order valence-corrected chi connectivity index (χ0v) is 14.5. The first-order valence-corrected chi connectivity index (χ1v) is 9.44. The highest BCUT2D eigenvalue weighted by molar-refractivity contribution is 7.90. The molecule has 0 unspecified atom stereocenters. The topological polar surface area (TPSA) is 82.5 Å². The van der Waals surface area contributed by atoms with Crippen molar-refractivity contribution in [1.29, 1.82) is 0 Å². The van der Waals surface area contributed by atoms with Gasteiger partial charge in [-0.25, -0.2) is 4.98 Å². The molecule has 0 bridgehead atoms. The summed E-state index contributed by atoms with van der Waals surface area (Å²) in [4.78, 5) is 3.85. The minimum absolute atomic E-state index is 0.0123. The van der Waals surface area contributed by atoms with E-state index in [0.29, 0.717) is 24.0 Å². The van der Waals surface area contributed by atoms with Crippen molar-refractivity contribution in [3.05, 3.63) is 53.2 Å². The van der Waals surface area contributed by atoms with Gasteiger partial charge >= 0.3 is 10.2 Å². The lowest BCUT2D eigenvalue weighted by atomic mass is 9.90. The van der Waals surface area contributed by atoms with Crippen LogP contribution in [0.5, 0.6) is 5.75 Å². The third-order valence-electron chi connectivity index (χ3n) is 4.12. The van der Waals surface area contributed by atoms with Crippen molar-refractivity contribution >= 4 is 27.6 Å². The van der Waals surface area contributed by atoms with Crippen LogP contribution in [0.25, 0.3) is 0 Å². The smallest absolute Gasteiger partial charge is 0.302 e. The normalized spacial score (nSPS) is 16.9. The summed E-state index contributed by atoms with van der Waals surface area (Å²) in [7, 11) is -3.64. The summed E-state index contributed by atoms with van der Waals surface area (Å²) in [6.45, 7) is 0.890. The Morgan fingerprint density at radius 1 is 1.12 bits per heavy atom. The zero-order chi connectivity index (χ0) is 17.2. The average molecular weight is 368 g/mol. The van der Waals surface area contributed by atoms with E-state index in [1.54, 1.807) is 0 Å². The second-order valence-corrected chi connectivity index (χ2v) is 7.84. The molecule has 2 heterocycles. The highest BCUT2D eigenvalue weighted by Gasteiger charge is 2.28. The van der Waals surface area contributed by atoms with Gasteiger partial charge in [-0.05, 0) is 48.6 Å². The maximum Gasteiger partial charge on any atom is 0.302 e. The van der Waals surface area contributed by atoms with Crippen molar-refractivity contribution in [3.8, 4) is 5.75 Å². The van der Waals surface area contributed by atoms with Crippen molar-refractivity contribution in [2.75, 3.05) is 17.8 Å². The predicted molar refractivity (Wildman–Crippen MR) is 93.4 cm³/mol. The fourth-order valence-electron chi connectivity index (χ4n) is 2.81. The van der Waals surface area contributed by atoms with Gasteiger partial charge in [0.15, 0.2) is 0 Å². The van der Waals surface area contributed by atoms with E-state index in [1.165, 1.54) is 28.2 Å². The van der Waals surface area contributed by atoms with Crippen molar-refractivity contribution in [2.24, 2.45) is 0 Å². The molecule has 1 aliphatic rings. The third-order valence-corrected chi connectivity index (χ3v) is 5.88. The van der Waals surface area contributed by atoms with E-state index in [0.717, 1.165) is 12.8 Å². The fourth-order valence-corrected chi connectivity index (χ4v) is 4.14. The molecule has 1 fully saturated rings. The number of rotatable bonds is 4. The molecule has 24 heavy (non-hydrogen) atoms.